The van der Waals surface area contributed by atoms with Gasteiger partial charge in [-0.3, -0.25) is 5.32 Å². The Morgan fingerprint density at radius 3 is 2.39 bits per heavy atom. The highest BCUT2D eigenvalue weighted by Gasteiger charge is 2.48. The first-order valence-electron chi connectivity index (χ1n) is 16.4. The topological polar surface area (TPSA) is 106 Å². The van der Waals surface area contributed by atoms with Crippen LogP contribution in [0.3, 0.4) is 0 Å². The Morgan fingerprint density at radius 1 is 1.02 bits per heavy atom. The number of halogens is 2. The number of hydrogen-bond donors (Lipinski definition) is 1. The number of thiophene rings is 1. The molecule has 3 aliphatic rings. The number of piperidine rings is 1. The largest absolute Gasteiger partial charge is 0.444 e. The number of hydrogen-bond acceptors (Lipinski definition) is 10. The zero-order valence-corrected chi connectivity index (χ0v) is 30.2. The van der Waals surface area contributed by atoms with Crippen LogP contribution in [0.5, 0.6) is 0 Å². The number of benzene rings is 2. The van der Waals surface area contributed by atoms with Crippen LogP contribution in [-0.2, 0) is 27.4 Å². The van der Waals surface area contributed by atoms with Crippen LogP contribution in [0.15, 0.2) is 23.4 Å². The van der Waals surface area contributed by atoms with Crippen molar-refractivity contribution in [3.8, 4) is 11.1 Å². The third-order valence-corrected chi connectivity index (χ3v) is 10.4. The maximum atomic E-state index is 17.2. The summed E-state index contributed by atoms with van der Waals surface area (Å²) < 4.78 is 50.9. The van der Waals surface area contributed by atoms with Crippen LogP contribution in [-0.4, -0.2) is 69.2 Å². The van der Waals surface area contributed by atoms with Gasteiger partial charge in [-0.05, 0) is 83.0 Å². The lowest BCUT2D eigenvalue weighted by molar-refractivity contribution is 0.00844. The molecule has 2 amide bonds. The van der Waals surface area contributed by atoms with Crippen molar-refractivity contribution >= 4 is 67.1 Å². The number of likely N-dealkylation sites (tertiary alicyclic amines) is 1. The highest BCUT2D eigenvalue weighted by molar-refractivity contribution is 7.99. The van der Waals surface area contributed by atoms with Gasteiger partial charge in [0, 0.05) is 34.3 Å². The monoisotopic (exact) mass is 711 g/mol. The Balaban J connectivity index is 1.34. The van der Waals surface area contributed by atoms with Gasteiger partial charge in [-0.25, -0.2) is 28.3 Å². The van der Waals surface area contributed by atoms with Gasteiger partial charge < -0.3 is 24.0 Å². The van der Waals surface area contributed by atoms with E-state index in [1.165, 1.54) is 29.2 Å². The third-order valence-electron chi connectivity index (χ3n) is 8.64. The summed E-state index contributed by atoms with van der Waals surface area (Å²) in [5.74, 6) is 0.0270. The number of carbonyl (C=O) groups is 2. The van der Waals surface area contributed by atoms with E-state index in [1.54, 1.807) is 37.8 Å². The second kappa shape index (κ2) is 12.2. The first kappa shape index (κ1) is 33.7. The van der Waals surface area contributed by atoms with E-state index in [-0.39, 0.29) is 48.0 Å². The molecule has 2 aromatic heterocycles. The second-order valence-corrected chi connectivity index (χ2v) is 16.8. The molecule has 2 aromatic carbocycles. The molecule has 49 heavy (non-hydrogen) atoms. The molecule has 3 aliphatic heterocycles. The lowest BCUT2D eigenvalue weighted by atomic mass is 9.86. The number of nitrogens with one attached hydrogen (secondary N) is 1. The normalized spacial score (nSPS) is 18.9. The van der Waals surface area contributed by atoms with Crippen molar-refractivity contribution in [3.05, 3.63) is 41.0 Å². The number of nitrogens with zero attached hydrogens (tertiary/aromatic N) is 4. The smallest absolute Gasteiger partial charge is 0.412 e. The van der Waals surface area contributed by atoms with Gasteiger partial charge in [0.25, 0.3) is 0 Å². The van der Waals surface area contributed by atoms with Gasteiger partial charge in [0.15, 0.2) is 11.0 Å². The molecule has 2 saturated heterocycles. The van der Waals surface area contributed by atoms with Crippen LogP contribution < -0.4 is 10.2 Å². The first-order chi connectivity index (χ1) is 23.1. The standard InChI is InChI=1S/C35H39F2N5O5S2/c1-8-48-31-39-29-27(30(40-31)42-17-11-18(42)14-41(13-17)33(44)47-35(5,6)7)21-16-45-15-20(21)26(28(29)37)25-19-12-24(38-32(43)46-34(2,3)4)49-23(19)10-9-22(25)36/h9-10,12,17-18H,8,11,13-16H2,1-7H3,(H,38,43). The third kappa shape index (κ3) is 6.27. The van der Waals surface area contributed by atoms with Gasteiger partial charge >= 0.3 is 12.2 Å². The molecule has 0 aliphatic carbocycles. The minimum absolute atomic E-state index is 0.0301. The molecule has 2 unspecified atom stereocenters. The molecule has 260 valence electrons. The minimum Gasteiger partial charge on any atom is -0.444 e. The van der Waals surface area contributed by atoms with E-state index in [0.29, 0.717) is 55.9 Å². The van der Waals surface area contributed by atoms with Crippen LogP contribution in [0.4, 0.5) is 29.2 Å². The number of fused-ring (bicyclic) bond motifs is 6. The zero-order chi connectivity index (χ0) is 35.0. The van der Waals surface area contributed by atoms with E-state index in [2.05, 4.69) is 10.2 Å². The fourth-order valence-corrected chi connectivity index (χ4v) is 8.39. The number of aromatic nitrogens is 2. The molecule has 0 spiro atoms. The van der Waals surface area contributed by atoms with Gasteiger partial charge in [0.05, 0.1) is 35.7 Å². The first-order valence-corrected chi connectivity index (χ1v) is 18.2. The van der Waals surface area contributed by atoms with Gasteiger partial charge in [-0.15, -0.1) is 11.3 Å². The van der Waals surface area contributed by atoms with Gasteiger partial charge in [-0.1, -0.05) is 18.7 Å². The molecular formula is C35H39F2N5O5S2. The summed E-state index contributed by atoms with van der Waals surface area (Å²) in [6, 6.07) is 4.53. The van der Waals surface area contributed by atoms with E-state index in [1.807, 2.05) is 27.7 Å². The molecule has 7 rings (SSSR count). The summed E-state index contributed by atoms with van der Waals surface area (Å²) in [5, 5.41) is 4.61. The van der Waals surface area contributed by atoms with Crippen LogP contribution in [0.2, 0.25) is 0 Å². The van der Waals surface area contributed by atoms with Crippen molar-refractivity contribution in [2.75, 3.05) is 29.1 Å². The maximum absolute atomic E-state index is 17.2. The van der Waals surface area contributed by atoms with E-state index < -0.39 is 28.9 Å². The van der Waals surface area contributed by atoms with Crippen molar-refractivity contribution in [3.63, 3.8) is 0 Å². The number of rotatable bonds is 5. The maximum Gasteiger partial charge on any atom is 0.412 e. The number of amides is 2. The van der Waals surface area contributed by atoms with E-state index in [4.69, 9.17) is 24.2 Å². The predicted octanol–water partition coefficient (Wildman–Crippen LogP) is 8.48. The molecule has 14 heteroatoms. The Morgan fingerprint density at radius 2 is 1.71 bits per heavy atom. The van der Waals surface area contributed by atoms with Crippen LogP contribution >= 0.6 is 23.1 Å². The molecular weight excluding hydrogens is 673 g/mol. The zero-order valence-electron chi connectivity index (χ0n) is 28.5. The van der Waals surface area contributed by atoms with Gasteiger partial charge in [0.1, 0.15) is 28.4 Å². The highest BCUT2D eigenvalue weighted by Crippen LogP contribution is 2.49. The number of carbonyl (C=O) groups excluding carboxylic acids is 2. The summed E-state index contributed by atoms with van der Waals surface area (Å²) in [6.07, 6.45) is -0.121. The molecule has 10 nitrogen and oxygen atoms in total. The van der Waals surface area contributed by atoms with Crippen molar-refractivity contribution in [2.45, 2.75) is 96.5 Å². The van der Waals surface area contributed by atoms with Crippen molar-refractivity contribution in [1.82, 2.24) is 14.9 Å². The minimum atomic E-state index is -0.700. The molecule has 4 aromatic rings. The number of piperazine rings is 1. The Bertz CT molecular complexity index is 1990. The summed E-state index contributed by atoms with van der Waals surface area (Å²) in [7, 11) is 0. The Kier molecular flexibility index (Phi) is 8.42. The van der Waals surface area contributed by atoms with Crippen molar-refractivity contribution in [1.29, 1.82) is 0 Å². The average molecular weight is 712 g/mol. The quantitative estimate of drug-likeness (QED) is 0.161. The van der Waals surface area contributed by atoms with Gasteiger partial charge in [-0.2, -0.15) is 0 Å². The lowest BCUT2D eigenvalue weighted by Crippen LogP contribution is -2.70. The fourth-order valence-electron chi connectivity index (χ4n) is 6.87. The highest BCUT2D eigenvalue weighted by atomic mass is 32.2. The SMILES string of the molecule is CCSc1nc(N2C3CC2CN(C(=O)OC(C)(C)C)C3)c2c3c(c(-c4c(F)ccc5sc(NC(=O)OC(C)(C)C)cc45)c(F)c2n1)COC3. The van der Waals surface area contributed by atoms with E-state index >= 15 is 8.78 Å². The second-order valence-electron chi connectivity index (χ2n) is 14.5. The summed E-state index contributed by atoms with van der Waals surface area (Å²) >= 11 is 2.65. The van der Waals surface area contributed by atoms with Crippen LogP contribution in [0.1, 0.15) is 66.0 Å². The van der Waals surface area contributed by atoms with Gasteiger partial charge in [0.2, 0.25) is 0 Å². The number of thioether (sulfide) groups is 1. The van der Waals surface area contributed by atoms with Crippen LogP contribution in [0.25, 0.3) is 32.1 Å². The van der Waals surface area contributed by atoms with E-state index in [0.717, 1.165) is 12.0 Å². The van der Waals surface area contributed by atoms with Crippen LogP contribution in [0, 0.1) is 11.6 Å². The molecule has 2 bridgehead atoms. The summed E-state index contributed by atoms with van der Waals surface area (Å²) in [4.78, 5) is 39.0. The Hall–Kier alpha value is -3.75. The number of ether oxygens (including phenoxy) is 3. The molecule has 1 N–H and O–H groups in total. The summed E-state index contributed by atoms with van der Waals surface area (Å²) in [5.41, 5.74) is 0.259. The van der Waals surface area contributed by atoms with Crippen molar-refractivity contribution in [2.24, 2.45) is 0 Å². The Labute approximate surface area is 291 Å². The summed E-state index contributed by atoms with van der Waals surface area (Å²) in [6.45, 7) is 14.0. The average Bonchev–Trinajstić information content (AvgIpc) is 3.63. The molecule has 2 fully saturated rings. The molecule has 5 heterocycles. The molecule has 0 saturated carbocycles. The number of anilines is 2. The lowest BCUT2D eigenvalue weighted by Gasteiger charge is -2.56. The predicted molar refractivity (Wildman–Crippen MR) is 187 cm³/mol. The van der Waals surface area contributed by atoms with E-state index in [9.17, 15) is 9.59 Å². The molecule has 2 atom stereocenters. The fraction of sp³-hybridized carbons (Fsp3) is 0.486. The van der Waals surface area contributed by atoms with Crippen molar-refractivity contribution < 1.29 is 32.6 Å². The molecule has 0 radical (unpaired) electrons.